The van der Waals surface area contributed by atoms with Gasteiger partial charge in [0.15, 0.2) is 17.7 Å². The monoisotopic (exact) mass is 974 g/mol. The number of anilines is 1. The second kappa shape index (κ2) is 22.8. The Balaban J connectivity index is 1.40. The quantitative estimate of drug-likeness (QED) is 0.113. The number of carbonyl (C=O) groups excluding carboxylic acids is 5. The van der Waals surface area contributed by atoms with Gasteiger partial charge in [-0.1, -0.05) is 64.1 Å². The topological polar surface area (TPSA) is 226 Å². The minimum atomic E-state index is -1.83. The van der Waals surface area contributed by atoms with Crippen LogP contribution < -0.4 is 16.0 Å². The summed E-state index contributed by atoms with van der Waals surface area (Å²) in [4.78, 5) is 80.8. The summed E-state index contributed by atoms with van der Waals surface area (Å²) in [6.45, 7) is 13.2. The van der Waals surface area contributed by atoms with Crippen LogP contribution in [0.3, 0.4) is 0 Å². The first-order valence-corrected chi connectivity index (χ1v) is 23.8. The third-order valence-electron chi connectivity index (χ3n) is 13.7. The van der Waals surface area contributed by atoms with Crippen LogP contribution in [-0.4, -0.2) is 131 Å². The highest BCUT2D eigenvalue weighted by Crippen LogP contribution is 2.42. The smallest absolute Gasteiger partial charge is 0.411 e. The summed E-state index contributed by atoms with van der Waals surface area (Å²) in [5, 5.41) is 20.0. The van der Waals surface area contributed by atoms with Crippen molar-refractivity contribution >= 4 is 41.8 Å². The molecule has 70 heavy (non-hydrogen) atoms. The Morgan fingerprint density at radius 3 is 2.29 bits per heavy atom. The highest BCUT2D eigenvalue weighted by molar-refractivity contribution is 5.86. The molecule has 6 rings (SSSR count). The SMILES string of the molecule is CC[C@H]1OC(=O)[C@H](C)[C@@H](OC(=O)Nc2ccc(F)cc2)[C@H](C)[C@@H](O[C@@H]2O[C@H](C)C[C@H](N(C)C)[C@H]2O)[C@](C)(OC(=O)NC/C=C/c2ccc(-c3ncccn3)cc2)C[C@@H](C)C(=O)[C@H](C)[C@H]2NC(=O)O[C@@]21C. The predicted molar refractivity (Wildman–Crippen MR) is 255 cm³/mol. The van der Waals surface area contributed by atoms with E-state index in [2.05, 4.69) is 25.9 Å². The van der Waals surface area contributed by atoms with E-state index in [1.807, 2.05) is 50.2 Å². The Bertz CT molecular complexity index is 2320. The average molecular weight is 975 g/mol. The Morgan fingerprint density at radius 1 is 0.971 bits per heavy atom. The van der Waals surface area contributed by atoms with Gasteiger partial charge >= 0.3 is 24.2 Å². The lowest BCUT2D eigenvalue weighted by atomic mass is 9.73. The van der Waals surface area contributed by atoms with Crippen molar-refractivity contribution in [2.24, 2.45) is 23.7 Å². The molecule has 1 aromatic heterocycles. The van der Waals surface area contributed by atoms with Gasteiger partial charge in [0.05, 0.1) is 18.1 Å². The van der Waals surface area contributed by atoms with Gasteiger partial charge in [-0.25, -0.2) is 28.7 Å². The number of likely N-dealkylation sites (N-methyl/N-ethyl adjacent to an activating group) is 1. The van der Waals surface area contributed by atoms with Crippen LogP contribution in [0.4, 0.5) is 24.5 Å². The molecule has 380 valence electrons. The van der Waals surface area contributed by atoms with Gasteiger partial charge in [-0.3, -0.25) is 14.9 Å². The number of hydrogen-bond acceptors (Lipinski definition) is 15. The highest BCUT2D eigenvalue weighted by Gasteiger charge is 2.58. The molecule has 3 aliphatic rings. The molecule has 14 atom stereocenters. The Kier molecular flexibility index (Phi) is 17.4. The standard InChI is InChI=1S/C51H67FN6O12/c1-11-38-51(8)42(57-49(64)70-51)30(4)39(59)28(2)27-50(7,69-47(62)55-23-12-14-33-15-17-34(18-16-33)44-53-24-13-25-54-44)43(68-46-40(60)37(58(9)10)26-29(3)65-46)31(5)41(32(6)45(61)66-38)67-48(63)56-36-21-19-35(52)20-22-36/h12-22,24-25,28-32,37-38,40-43,46,60H,11,23,26-27H2,1-10H3,(H,55,62)(H,56,63)(H,57,64)/b14-12+/t28-,29-,30+,31+,32-,37+,38-,40-,41+,42-,43-,46+,50-,51-/m1/s1. The molecule has 3 aromatic rings. The van der Waals surface area contributed by atoms with Gasteiger partial charge in [-0.15, -0.1) is 0 Å². The van der Waals surface area contributed by atoms with E-state index < -0.39 is 114 Å². The van der Waals surface area contributed by atoms with Crippen molar-refractivity contribution in [2.45, 2.75) is 135 Å². The summed E-state index contributed by atoms with van der Waals surface area (Å²) in [7, 11) is 3.62. The van der Waals surface area contributed by atoms with Crippen LogP contribution in [0.1, 0.15) is 80.2 Å². The fraction of sp³-hybridized carbons (Fsp3) is 0.549. The van der Waals surface area contributed by atoms with E-state index in [0.29, 0.717) is 12.2 Å². The molecule has 18 nitrogen and oxygen atoms in total. The molecule has 0 bridgehead atoms. The molecule has 2 aromatic carbocycles. The van der Waals surface area contributed by atoms with Crippen molar-refractivity contribution in [3.8, 4) is 11.4 Å². The number of nitrogens with zero attached hydrogens (tertiary/aromatic N) is 3. The molecule has 3 amide bonds. The van der Waals surface area contributed by atoms with E-state index >= 15 is 0 Å². The van der Waals surface area contributed by atoms with Gasteiger partial charge < -0.3 is 49.1 Å². The third-order valence-corrected chi connectivity index (χ3v) is 13.7. The number of halogens is 1. The van der Waals surface area contributed by atoms with E-state index in [1.54, 1.807) is 72.2 Å². The fourth-order valence-electron chi connectivity index (χ4n) is 10.0. The number of hydrogen-bond donors (Lipinski definition) is 4. The average Bonchev–Trinajstić information content (AvgIpc) is 3.64. The largest absolute Gasteiger partial charge is 0.458 e. The van der Waals surface area contributed by atoms with Crippen LogP contribution in [0.15, 0.2) is 73.1 Å². The molecule has 4 N–H and O–H groups in total. The second-order valence-corrected chi connectivity index (χ2v) is 19.3. The summed E-state index contributed by atoms with van der Waals surface area (Å²) < 4.78 is 51.6. The van der Waals surface area contributed by atoms with Crippen LogP contribution in [0.5, 0.6) is 0 Å². The fourth-order valence-corrected chi connectivity index (χ4v) is 10.0. The van der Waals surface area contributed by atoms with Crippen LogP contribution in [-0.2, 0) is 38.0 Å². The van der Waals surface area contributed by atoms with Crippen LogP contribution in [0, 0.1) is 29.5 Å². The van der Waals surface area contributed by atoms with E-state index in [9.17, 15) is 33.5 Å². The Morgan fingerprint density at radius 2 is 1.64 bits per heavy atom. The van der Waals surface area contributed by atoms with E-state index in [1.165, 1.54) is 19.1 Å². The van der Waals surface area contributed by atoms with Crippen molar-refractivity contribution < 1.29 is 61.9 Å². The molecule has 19 heteroatoms. The van der Waals surface area contributed by atoms with E-state index in [4.69, 9.17) is 28.4 Å². The van der Waals surface area contributed by atoms with Crippen molar-refractivity contribution in [1.82, 2.24) is 25.5 Å². The van der Waals surface area contributed by atoms with Crippen molar-refractivity contribution in [3.05, 3.63) is 84.4 Å². The molecular formula is C51H67FN6O12. The number of fused-ring (bicyclic) bond motifs is 1. The number of ketones is 1. The normalized spacial score (nSPS) is 33.0. The van der Waals surface area contributed by atoms with E-state index in [-0.39, 0.29) is 30.9 Å². The maximum Gasteiger partial charge on any atom is 0.411 e. The number of rotatable bonds is 11. The lowest BCUT2D eigenvalue weighted by Crippen LogP contribution is -2.61. The van der Waals surface area contributed by atoms with Gasteiger partial charge in [0.1, 0.15) is 41.6 Å². The Hall–Kier alpha value is -6.02. The summed E-state index contributed by atoms with van der Waals surface area (Å²) >= 11 is 0. The zero-order chi connectivity index (χ0) is 51.1. The molecule has 0 unspecified atom stereocenters. The number of nitrogens with one attached hydrogen (secondary N) is 3. The van der Waals surface area contributed by atoms with Crippen molar-refractivity contribution in [1.29, 1.82) is 0 Å². The number of ether oxygens (including phenoxy) is 6. The lowest BCUT2D eigenvalue weighted by molar-refractivity contribution is -0.298. The summed E-state index contributed by atoms with van der Waals surface area (Å²) in [6.07, 6.45) is -2.42. The molecule has 3 aliphatic heterocycles. The van der Waals surface area contributed by atoms with Gasteiger partial charge in [0.2, 0.25) is 0 Å². The number of alkyl carbamates (subject to hydrolysis) is 2. The third kappa shape index (κ3) is 12.5. The molecule has 0 saturated carbocycles. The van der Waals surface area contributed by atoms with Gasteiger partial charge in [0, 0.05) is 54.0 Å². The molecule has 3 saturated heterocycles. The molecular weight excluding hydrogens is 908 g/mol. The van der Waals surface area contributed by atoms with Crippen LogP contribution in [0.25, 0.3) is 17.5 Å². The number of carbonyl (C=O) groups is 5. The van der Waals surface area contributed by atoms with Crippen molar-refractivity contribution in [3.63, 3.8) is 0 Å². The number of esters is 1. The van der Waals surface area contributed by atoms with Gasteiger partial charge in [0.25, 0.3) is 0 Å². The number of amides is 3. The number of cyclic esters (lactones) is 1. The molecule has 0 spiro atoms. The second-order valence-electron chi connectivity index (χ2n) is 19.3. The molecule has 4 heterocycles. The zero-order valence-corrected chi connectivity index (χ0v) is 41.4. The Labute approximate surface area is 408 Å². The number of aromatic nitrogens is 2. The maximum atomic E-state index is 14.7. The summed E-state index contributed by atoms with van der Waals surface area (Å²) in [6, 6.07) is 12.8. The molecule has 3 fully saturated rings. The lowest BCUT2D eigenvalue weighted by Gasteiger charge is -2.48. The first kappa shape index (κ1) is 53.3. The van der Waals surface area contributed by atoms with Gasteiger partial charge in [-0.05, 0) is 96.9 Å². The summed E-state index contributed by atoms with van der Waals surface area (Å²) in [5.41, 5.74) is -1.50. The number of benzene rings is 2. The van der Waals surface area contributed by atoms with Crippen LogP contribution in [0.2, 0.25) is 0 Å². The number of aliphatic hydroxyl groups excluding tert-OH is 1. The number of aliphatic hydroxyl groups is 1. The number of Topliss-reactive ketones (excluding diaryl/α,β-unsaturated/α-hetero) is 1. The summed E-state index contributed by atoms with van der Waals surface area (Å²) in [5.74, 6) is -5.38. The van der Waals surface area contributed by atoms with Crippen LogP contribution >= 0.6 is 0 Å². The first-order valence-electron chi connectivity index (χ1n) is 23.8. The highest BCUT2D eigenvalue weighted by atomic mass is 19.1. The maximum absolute atomic E-state index is 14.7. The molecule has 0 aliphatic carbocycles. The zero-order valence-electron chi connectivity index (χ0n) is 41.4. The van der Waals surface area contributed by atoms with Crippen molar-refractivity contribution in [2.75, 3.05) is 26.0 Å². The first-order chi connectivity index (χ1) is 33.1. The minimum absolute atomic E-state index is 0.00819. The minimum Gasteiger partial charge on any atom is -0.458 e. The van der Waals surface area contributed by atoms with E-state index in [0.717, 1.165) is 23.3 Å². The molecule has 0 radical (unpaired) electrons. The predicted octanol–water partition coefficient (Wildman–Crippen LogP) is 6.92. The van der Waals surface area contributed by atoms with Gasteiger partial charge in [-0.2, -0.15) is 0 Å².